The average Bonchev–Trinajstić information content (AvgIpc) is 3.01. The molecule has 3 nitrogen and oxygen atoms in total. The van der Waals surface area contributed by atoms with Gasteiger partial charge in [-0.25, -0.2) is 9.98 Å². The van der Waals surface area contributed by atoms with Crippen molar-refractivity contribution in [3.63, 3.8) is 0 Å². The molecule has 0 saturated carbocycles. The van der Waals surface area contributed by atoms with Crippen LogP contribution < -0.4 is 4.90 Å². The summed E-state index contributed by atoms with van der Waals surface area (Å²) in [4.78, 5) is 11.9. The molecule has 4 heteroatoms. The van der Waals surface area contributed by atoms with Crippen molar-refractivity contribution in [2.75, 3.05) is 4.90 Å². The molecule has 3 aromatic rings. The van der Waals surface area contributed by atoms with Crippen molar-refractivity contribution in [1.82, 2.24) is 0 Å². The maximum absolute atomic E-state index is 4.93. The second kappa shape index (κ2) is 7.87. The summed E-state index contributed by atoms with van der Waals surface area (Å²) < 4.78 is 0. The van der Waals surface area contributed by atoms with E-state index in [0.717, 1.165) is 33.0 Å². The molecular formula is C24H21N3S. The number of amidine groups is 1. The molecule has 1 heterocycles. The highest BCUT2D eigenvalue weighted by Gasteiger charge is 2.31. The number of rotatable bonds is 3. The van der Waals surface area contributed by atoms with Crippen molar-refractivity contribution in [2.24, 2.45) is 9.98 Å². The van der Waals surface area contributed by atoms with E-state index in [1.807, 2.05) is 42.5 Å². The molecule has 0 radical (unpaired) electrons. The van der Waals surface area contributed by atoms with Gasteiger partial charge >= 0.3 is 0 Å². The molecule has 1 aliphatic heterocycles. The Morgan fingerprint density at radius 3 is 1.82 bits per heavy atom. The Labute approximate surface area is 170 Å². The Balaban J connectivity index is 1.82. The number of aliphatic imine (C=N–C) groups is 2. The molecule has 138 valence electrons. The van der Waals surface area contributed by atoms with Gasteiger partial charge in [-0.2, -0.15) is 0 Å². The van der Waals surface area contributed by atoms with E-state index < -0.39 is 0 Å². The first kappa shape index (κ1) is 18.3. The Kier molecular flexibility index (Phi) is 5.13. The third-order valence-electron chi connectivity index (χ3n) is 4.41. The number of anilines is 1. The molecule has 0 N–H and O–H groups in total. The monoisotopic (exact) mass is 383 g/mol. The molecule has 1 aliphatic rings. The number of para-hydroxylation sites is 1. The van der Waals surface area contributed by atoms with Crippen molar-refractivity contribution < 1.29 is 0 Å². The van der Waals surface area contributed by atoms with Crippen LogP contribution in [0.5, 0.6) is 0 Å². The second-order valence-electron chi connectivity index (χ2n) is 6.69. The van der Waals surface area contributed by atoms with Crippen LogP contribution in [-0.4, -0.2) is 10.9 Å². The minimum Gasteiger partial charge on any atom is -0.287 e. The number of hydrogen-bond acceptors (Lipinski definition) is 3. The molecule has 0 spiro atoms. The highest BCUT2D eigenvalue weighted by Crippen LogP contribution is 2.37. The Morgan fingerprint density at radius 1 is 0.714 bits per heavy atom. The summed E-state index contributed by atoms with van der Waals surface area (Å²) in [5.74, 6) is 0.797. The van der Waals surface area contributed by atoms with Crippen molar-refractivity contribution in [3.05, 3.63) is 102 Å². The van der Waals surface area contributed by atoms with Crippen LogP contribution in [0, 0.1) is 13.8 Å². The zero-order valence-electron chi connectivity index (χ0n) is 16.0. The van der Waals surface area contributed by atoms with Crippen LogP contribution in [0.4, 0.5) is 17.1 Å². The molecule has 0 atom stereocenters. The Morgan fingerprint density at radius 2 is 1.25 bits per heavy atom. The van der Waals surface area contributed by atoms with E-state index in [9.17, 15) is 0 Å². The van der Waals surface area contributed by atoms with Crippen LogP contribution in [0.15, 0.2) is 100 Å². The molecule has 28 heavy (non-hydrogen) atoms. The van der Waals surface area contributed by atoms with Gasteiger partial charge < -0.3 is 0 Å². The Hall–Kier alpha value is -3.11. The van der Waals surface area contributed by atoms with Gasteiger partial charge in [-0.3, -0.25) is 4.90 Å². The van der Waals surface area contributed by atoms with E-state index in [0.29, 0.717) is 0 Å². The fraction of sp³-hybridized carbons (Fsp3) is 0.0833. The first-order chi connectivity index (χ1) is 13.6. The lowest BCUT2D eigenvalue weighted by molar-refractivity contribution is 1.33. The van der Waals surface area contributed by atoms with Gasteiger partial charge in [-0.1, -0.05) is 60.2 Å². The van der Waals surface area contributed by atoms with Crippen molar-refractivity contribution >= 4 is 39.7 Å². The van der Waals surface area contributed by atoms with Gasteiger partial charge in [0.2, 0.25) is 0 Å². The quantitative estimate of drug-likeness (QED) is 0.498. The van der Waals surface area contributed by atoms with Crippen LogP contribution in [0.25, 0.3) is 0 Å². The lowest BCUT2D eigenvalue weighted by atomic mass is 10.2. The molecule has 0 aromatic heterocycles. The normalized spacial score (nSPS) is 16.9. The van der Waals surface area contributed by atoms with E-state index >= 15 is 0 Å². The van der Waals surface area contributed by atoms with Gasteiger partial charge in [0.1, 0.15) is 5.04 Å². The molecule has 4 rings (SSSR count). The van der Waals surface area contributed by atoms with E-state index in [-0.39, 0.29) is 0 Å². The van der Waals surface area contributed by atoms with Gasteiger partial charge in [-0.05, 0) is 62.0 Å². The molecule has 3 aromatic carbocycles. The number of aryl methyl sites for hydroxylation is 2. The summed E-state index contributed by atoms with van der Waals surface area (Å²) >= 11 is 1.55. The highest BCUT2D eigenvalue weighted by molar-refractivity contribution is 8.20. The van der Waals surface area contributed by atoms with Crippen molar-refractivity contribution in [1.29, 1.82) is 0 Å². The molecule has 0 unspecified atom stereocenters. The molecule has 1 fully saturated rings. The fourth-order valence-electron chi connectivity index (χ4n) is 2.91. The second-order valence-corrected chi connectivity index (χ2v) is 7.75. The predicted octanol–water partition coefficient (Wildman–Crippen LogP) is 6.79. The molecule has 1 saturated heterocycles. The van der Waals surface area contributed by atoms with E-state index in [4.69, 9.17) is 9.98 Å². The van der Waals surface area contributed by atoms with Gasteiger partial charge in [0.25, 0.3) is 0 Å². The SMILES string of the molecule is C=C1SC(=Nc2ccc(C)cc2)C(=Nc2ccc(C)cc2)N1c1ccccc1. The molecule has 0 aliphatic carbocycles. The summed E-state index contributed by atoms with van der Waals surface area (Å²) in [5, 5.41) is 1.74. The maximum Gasteiger partial charge on any atom is 0.171 e. The topological polar surface area (TPSA) is 28.0 Å². The van der Waals surface area contributed by atoms with Crippen molar-refractivity contribution in [3.8, 4) is 0 Å². The number of hydrogen-bond donors (Lipinski definition) is 0. The molecule has 0 bridgehead atoms. The lowest BCUT2D eigenvalue weighted by Crippen LogP contribution is -2.26. The van der Waals surface area contributed by atoms with Gasteiger partial charge in [0, 0.05) is 5.69 Å². The third kappa shape index (κ3) is 3.92. The van der Waals surface area contributed by atoms with Crippen LogP contribution in [0.2, 0.25) is 0 Å². The van der Waals surface area contributed by atoms with E-state index in [1.165, 1.54) is 11.1 Å². The summed E-state index contributed by atoms with van der Waals surface area (Å²) in [7, 11) is 0. The molecular weight excluding hydrogens is 362 g/mol. The summed E-state index contributed by atoms with van der Waals surface area (Å²) in [6, 6.07) is 26.6. The number of benzene rings is 3. The number of thioether (sulfide) groups is 1. The van der Waals surface area contributed by atoms with E-state index in [1.54, 1.807) is 11.8 Å². The van der Waals surface area contributed by atoms with Crippen LogP contribution in [-0.2, 0) is 0 Å². The molecule has 0 amide bonds. The predicted molar refractivity (Wildman–Crippen MR) is 122 cm³/mol. The fourth-order valence-corrected chi connectivity index (χ4v) is 3.79. The lowest BCUT2D eigenvalue weighted by Gasteiger charge is -2.18. The first-order valence-electron chi connectivity index (χ1n) is 9.13. The summed E-state index contributed by atoms with van der Waals surface area (Å²) in [6.07, 6.45) is 0. The van der Waals surface area contributed by atoms with Crippen LogP contribution >= 0.6 is 11.8 Å². The van der Waals surface area contributed by atoms with Gasteiger partial charge in [-0.15, -0.1) is 0 Å². The maximum atomic E-state index is 4.93. The number of nitrogens with zero attached hydrogens (tertiary/aromatic N) is 3. The summed E-state index contributed by atoms with van der Waals surface area (Å²) in [6.45, 7) is 8.40. The Bertz CT molecular complexity index is 1050. The van der Waals surface area contributed by atoms with Gasteiger partial charge in [0.15, 0.2) is 5.84 Å². The third-order valence-corrected chi connectivity index (χ3v) is 5.30. The average molecular weight is 384 g/mol. The minimum atomic E-state index is 0.797. The van der Waals surface area contributed by atoms with Crippen LogP contribution in [0.3, 0.4) is 0 Å². The van der Waals surface area contributed by atoms with Crippen molar-refractivity contribution in [2.45, 2.75) is 13.8 Å². The minimum absolute atomic E-state index is 0.797. The first-order valence-corrected chi connectivity index (χ1v) is 9.95. The standard InChI is InChI=1S/C24H21N3S/c1-17-9-13-20(14-10-17)25-23-24(26-21-15-11-18(2)12-16-21)28-19(3)27(23)22-7-5-4-6-8-22/h4-16H,3H2,1-2H3. The zero-order valence-corrected chi connectivity index (χ0v) is 16.8. The van der Waals surface area contributed by atoms with E-state index in [2.05, 4.69) is 61.7 Å². The highest BCUT2D eigenvalue weighted by atomic mass is 32.2. The van der Waals surface area contributed by atoms with Gasteiger partial charge in [0.05, 0.1) is 16.4 Å². The van der Waals surface area contributed by atoms with Crippen LogP contribution in [0.1, 0.15) is 11.1 Å². The smallest absolute Gasteiger partial charge is 0.171 e. The largest absolute Gasteiger partial charge is 0.287 e. The zero-order chi connectivity index (χ0) is 19.5. The summed E-state index contributed by atoms with van der Waals surface area (Å²) in [5.41, 5.74) is 5.26.